The van der Waals surface area contributed by atoms with Crippen LogP contribution in [0.2, 0.25) is 0 Å². The smallest absolute Gasteiger partial charge is 0.335 e. The Bertz CT molecular complexity index is 784. The molecule has 0 spiro atoms. The number of aromatic nitrogens is 2. The number of nitrogens with two attached hydrogens (primary N) is 2. The summed E-state index contributed by atoms with van der Waals surface area (Å²) < 4.78 is 0. The van der Waals surface area contributed by atoms with Gasteiger partial charge in [-0.05, 0) is 30.3 Å². The van der Waals surface area contributed by atoms with Gasteiger partial charge in [0, 0.05) is 6.20 Å². The minimum Gasteiger partial charge on any atom is -0.478 e. The Morgan fingerprint density at radius 3 is 2.58 bits per heavy atom. The molecular formula is C15H17N7O3S. The number of nitrogens with one attached hydrogen (secondary N) is 1. The molecule has 1 aromatic carbocycles. The predicted molar refractivity (Wildman–Crippen MR) is 98.0 cm³/mol. The number of carboxylic acids is 1. The topological polar surface area (TPSA) is 160 Å². The molecule has 2 rings (SSSR count). The molecule has 1 amide bonds. The average Bonchev–Trinajstić information content (AvgIpc) is 2.67. The Hall–Kier alpha value is -3.18. The fraction of sp³-hybridized carbons (Fsp3) is 0.133. The second-order valence-corrected chi connectivity index (χ2v) is 5.84. The number of carbonyl (C=O) groups excluding carboxylic acids is 1. The molecule has 2 aromatic rings. The van der Waals surface area contributed by atoms with Crippen LogP contribution in [-0.2, 0) is 11.3 Å². The van der Waals surface area contributed by atoms with Crippen LogP contribution in [0.25, 0.3) is 0 Å². The van der Waals surface area contributed by atoms with Crippen molar-refractivity contribution in [2.24, 2.45) is 16.8 Å². The lowest BCUT2D eigenvalue weighted by Crippen LogP contribution is -2.37. The minimum atomic E-state index is -1.04. The molecule has 26 heavy (non-hydrogen) atoms. The summed E-state index contributed by atoms with van der Waals surface area (Å²) in [5.74, 6) is 10.0. The van der Waals surface area contributed by atoms with Gasteiger partial charge in [-0.3, -0.25) is 9.80 Å². The highest BCUT2D eigenvalue weighted by Crippen LogP contribution is 2.17. The van der Waals surface area contributed by atoms with E-state index in [0.29, 0.717) is 11.4 Å². The van der Waals surface area contributed by atoms with Crippen molar-refractivity contribution in [2.45, 2.75) is 6.54 Å². The number of carboxylic acid groups (broad SMARTS) is 1. The zero-order valence-electron chi connectivity index (χ0n) is 13.6. The number of hydrogen-bond donors (Lipinski definition) is 4. The highest BCUT2D eigenvalue weighted by molar-refractivity contribution is 8.14. The van der Waals surface area contributed by atoms with Gasteiger partial charge in [-0.25, -0.2) is 20.6 Å². The van der Waals surface area contributed by atoms with Crippen molar-refractivity contribution in [2.75, 3.05) is 10.8 Å². The fourth-order valence-corrected chi connectivity index (χ4v) is 2.52. The summed E-state index contributed by atoms with van der Waals surface area (Å²) in [6.45, 7) is 0.278. The number of hydrazine groups is 1. The molecule has 0 unspecified atom stereocenters. The fourth-order valence-electron chi connectivity index (χ4n) is 1.84. The molecule has 0 atom stereocenters. The third-order valence-corrected chi connectivity index (χ3v) is 4.12. The van der Waals surface area contributed by atoms with Gasteiger partial charge >= 0.3 is 5.97 Å². The second kappa shape index (κ2) is 9.34. The van der Waals surface area contributed by atoms with E-state index in [1.807, 2.05) is 0 Å². The molecule has 0 saturated carbocycles. The van der Waals surface area contributed by atoms with Gasteiger partial charge in [-0.2, -0.15) is 5.10 Å². The molecule has 0 aliphatic carbocycles. The van der Waals surface area contributed by atoms with E-state index in [1.165, 1.54) is 35.6 Å². The molecule has 1 heterocycles. The van der Waals surface area contributed by atoms with Crippen LogP contribution in [0.4, 0.5) is 5.69 Å². The number of thioether (sulfide) groups is 1. The summed E-state index contributed by atoms with van der Waals surface area (Å²) in [6, 6.07) is 7.55. The first-order chi connectivity index (χ1) is 12.5. The lowest BCUT2D eigenvalue weighted by atomic mass is 10.2. The Labute approximate surface area is 153 Å². The number of anilines is 1. The number of hydrogen-bond acceptors (Lipinski definition) is 8. The number of nitrogens with zero attached hydrogens (tertiary/aromatic N) is 4. The summed E-state index contributed by atoms with van der Waals surface area (Å²) >= 11 is 1.04. The first-order valence-electron chi connectivity index (χ1n) is 7.31. The van der Waals surface area contributed by atoms with Gasteiger partial charge < -0.3 is 16.3 Å². The molecule has 136 valence electrons. The lowest BCUT2D eigenvalue weighted by molar-refractivity contribution is -0.118. The van der Waals surface area contributed by atoms with Crippen molar-refractivity contribution in [1.82, 2.24) is 15.3 Å². The van der Waals surface area contributed by atoms with E-state index in [-0.39, 0.29) is 28.9 Å². The van der Waals surface area contributed by atoms with Crippen molar-refractivity contribution >= 4 is 34.5 Å². The maximum atomic E-state index is 11.9. The van der Waals surface area contributed by atoms with Crippen molar-refractivity contribution in [1.29, 1.82) is 0 Å². The van der Waals surface area contributed by atoms with E-state index >= 15 is 0 Å². The van der Waals surface area contributed by atoms with Crippen LogP contribution in [0.1, 0.15) is 16.1 Å². The predicted octanol–water partition coefficient (Wildman–Crippen LogP) is 0.134. The van der Waals surface area contributed by atoms with E-state index in [2.05, 4.69) is 20.4 Å². The van der Waals surface area contributed by atoms with E-state index in [9.17, 15) is 9.59 Å². The van der Waals surface area contributed by atoms with E-state index in [0.717, 1.165) is 11.8 Å². The minimum absolute atomic E-state index is 0.0437. The van der Waals surface area contributed by atoms with Crippen molar-refractivity contribution in [3.8, 4) is 0 Å². The zero-order valence-corrected chi connectivity index (χ0v) is 14.4. The van der Waals surface area contributed by atoms with Gasteiger partial charge in [0.1, 0.15) is 6.33 Å². The first kappa shape index (κ1) is 19.1. The molecular weight excluding hydrogens is 358 g/mol. The molecule has 0 aliphatic heterocycles. The highest BCUT2D eigenvalue weighted by Gasteiger charge is 2.14. The Morgan fingerprint density at radius 1 is 1.27 bits per heavy atom. The van der Waals surface area contributed by atoms with Gasteiger partial charge in [-0.15, -0.1) is 0 Å². The Balaban J connectivity index is 1.87. The van der Waals surface area contributed by atoms with Crippen LogP contribution < -0.4 is 22.0 Å². The summed E-state index contributed by atoms with van der Waals surface area (Å²) in [5.41, 5.74) is 1.29. The largest absolute Gasteiger partial charge is 0.478 e. The number of carbonyl (C=O) groups is 2. The Kier molecular flexibility index (Phi) is 6.88. The van der Waals surface area contributed by atoms with Crippen molar-refractivity contribution in [3.63, 3.8) is 0 Å². The summed E-state index contributed by atoms with van der Waals surface area (Å²) in [4.78, 5) is 30.6. The number of amidine groups is 1. The number of aromatic carboxylic acids is 1. The summed E-state index contributed by atoms with van der Waals surface area (Å²) in [6.07, 6.45) is 2.99. The van der Waals surface area contributed by atoms with Crippen LogP contribution in [0.3, 0.4) is 0 Å². The SMILES string of the molecule is N/N=C(/SCC(=O)NCc1ccncn1)N(N)c1ccc(C(=O)O)cc1. The standard InChI is InChI=1S/C15H17N7O3S/c16-21-15(22(17)12-3-1-10(2-4-12)14(24)25)26-8-13(23)19-7-11-5-6-18-9-20-11/h1-6,9H,7-8,16-17H2,(H,19,23)(H,24,25)/b21-15+. The highest BCUT2D eigenvalue weighted by atomic mass is 32.2. The summed E-state index contributed by atoms with van der Waals surface area (Å²) in [7, 11) is 0. The molecule has 0 radical (unpaired) electrons. The normalized spacial score (nSPS) is 11.0. The molecule has 0 bridgehead atoms. The number of hydrazone groups is 1. The van der Waals surface area contributed by atoms with Crippen LogP contribution in [0.5, 0.6) is 0 Å². The number of amides is 1. The van der Waals surface area contributed by atoms with Gasteiger partial charge in [0.05, 0.1) is 29.2 Å². The zero-order chi connectivity index (χ0) is 18.9. The van der Waals surface area contributed by atoms with Crippen LogP contribution in [-0.4, -0.2) is 37.9 Å². The van der Waals surface area contributed by atoms with Gasteiger partial charge in [-0.1, -0.05) is 11.8 Å². The molecule has 0 fully saturated rings. The van der Waals surface area contributed by atoms with Crippen LogP contribution in [0, 0.1) is 0 Å². The molecule has 1 aromatic heterocycles. The van der Waals surface area contributed by atoms with Crippen molar-refractivity contribution in [3.05, 3.63) is 54.1 Å². The molecule has 0 aliphatic rings. The Morgan fingerprint density at radius 2 is 2.00 bits per heavy atom. The number of benzene rings is 1. The maximum absolute atomic E-state index is 11.9. The van der Waals surface area contributed by atoms with Gasteiger partial charge in [0.2, 0.25) is 11.1 Å². The third-order valence-electron chi connectivity index (χ3n) is 3.15. The van der Waals surface area contributed by atoms with E-state index in [1.54, 1.807) is 12.3 Å². The quantitative estimate of drug-likeness (QED) is 0.238. The molecule has 11 heteroatoms. The van der Waals surface area contributed by atoms with Crippen LogP contribution in [0.15, 0.2) is 48.0 Å². The van der Waals surface area contributed by atoms with Gasteiger partial charge in [0.15, 0.2) is 0 Å². The van der Waals surface area contributed by atoms with E-state index < -0.39 is 5.97 Å². The molecule has 6 N–H and O–H groups in total. The third kappa shape index (κ3) is 5.43. The first-order valence-corrected chi connectivity index (χ1v) is 8.30. The van der Waals surface area contributed by atoms with Crippen molar-refractivity contribution < 1.29 is 14.7 Å². The van der Waals surface area contributed by atoms with E-state index in [4.69, 9.17) is 16.8 Å². The summed E-state index contributed by atoms with van der Waals surface area (Å²) in [5, 5.41) is 16.6. The number of rotatable bonds is 6. The molecule has 0 saturated heterocycles. The van der Waals surface area contributed by atoms with Crippen LogP contribution >= 0.6 is 11.8 Å². The second-order valence-electron chi connectivity index (χ2n) is 4.90. The molecule has 10 nitrogen and oxygen atoms in total. The lowest BCUT2D eigenvalue weighted by Gasteiger charge is -2.19. The van der Waals surface area contributed by atoms with Gasteiger partial charge in [0.25, 0.3) is 0 Å². The monoisotopic (exact) mass is 375 g/mol. The maximum Gasteiger partial charge on any atom is 0.335 e. The average molecular weight is 375 g/mol.